The molecule has 3 rings (SSSR count). The molecule has 0 N–H and O–H groups in total. The highest BCUT2D eigenvalue weighted by Crippen LogP contribution is 2.45. The van der Waals surface area contributed by atoms with Crippen LogP contribution in [0.2, 0.25) is 0 Å². The van der Waals surface area contributed by atoms with Gasteiger partial charge in [0.05, 0.1) is 12.0 Å². The van der Waals surface area contributed by atoms with Gasteiger partial charge in [-0.15, -0.1) is 0 Å². The highest BCUT2D eigenvalue weighted by Gasteiger charge is 2.56. The highest BCUT2D eigenvalue weighted by atomic mass is 16.2. The molecule has 0 unspecified atom stereocenters. The van der Waals surface area contributed by atoms with Crippen LogP contribution in [0, 0.1) is 17.8 Å². The minimum absolute atomic E-state index is 0.202. The first-order chi connectivity index (χ1) is 9.09. The van der Waals surface area contributed by atoms with E-state index in [1.54, 1.807) is 0 Å². The van der Waals surface area contributed by atoms with E-state index in [-0.39, 0.29) is 5.92 Å². The Kier molecular flexibility index (Phi) is 2.96. The molecule has 1 aromatic rings. The number of nitrogens with zero attached hydrogens (tertiary/aromatic N) is 1. The SMILES string of the molecule is C=C1CN2C(=O)[C@H](C(C)C)[C@@H]2[C@H]1Cc1ccccc1. The van der Waals surface area contributed by atoms with Crippen molar-refractivity contribution in [1.29, 1.82) is 0 Å². The zero-order chi connectivity index (χ0) is 13.6. The topological polar surface area (TPSA) is 20.3 Å². The van der Waals surface area contributed by atoms with E-state index in [2.05, 4.69) is 44.7 Å². The number of hydrogen-bond acceptors (Lipinski definition) is 1. The number of hydrogen-bond donors (Lipinski definition) is 0. The lowest BCUT2D eigenvalue weighted by Gasteiger charge is -2.46. The number of carbonyl (C=O) groups is 1. The molecule has 2 saturated heterocycles. The summed E-state index contributed by atoms with van der Waals surface area (Å²) in [6.45, 7) is 9.28. The van der Waals surface area contributed by atoms with Crippen LogP contribution in [0.1, 0.15) is 19.4 Å². The van der Waals surface area contributed by atoms with Crippen molar-refractivity contribution in [3.63, 3.8) is 0 Å². The van der Waals surface area contributed by atoms with Gasteiger partial charge in [0.25, 0.3) is 0 Å². The van der Waals surface area contributed by atoms with Crippen LogP contribution >= 0.6 is 0 Å². The summed E-state index contributed by atoms with van der Waals surface area (Å²) in [5.74, 6) is 1.40. The number of benzene rings is 1. The Labute approximate surface area is 115 Å². The van der Waals surface area contributed by atoms with Gasteiger partial charge in [-0.05, 0) is 17.9 Å². The minimum atomic E-state index is 0.202. The van der Waals surface area contributed by atoms with E-state index in [4.69, 9.17) is 0 Å². The van der Waals surface area contributed by atoms with Crippen LogP contribution in [-0.2, 0) is 11.2 Å². The van der Waals surface area contributed by atoms with Crippen LogP contribution in [0.4, 0.5) is 0 Å². The van der Waals surface area contributed by atoms with Crippen LogP contribution in [0.15, 0.2) is 42.5 Å². The van der Waals surface area contributed by atoms with Crippen molar-refractivity contribution < 1.29 is 4.79 Å². The molecule has 1 amide bonds. The molecule has 2 aliphatic rings. The lowest BCUT2D eigenvalue weighted by molar-refractivity contribution is -0.157. The van der Waals surface area contributed by atoms with E-state index in [9.17, 15) is 4.79 Å². The van der Waals surface area contributed by atoms with Gasteiger partial charge in [0.15, 0.2) is 0 Å². The van der Waals surface area contributed by atoms with Crippen molar-refractivity contribution in [2.75, 3.05) is 6.54 Å². The molecular formula is C17H21NO. The van der Waals surface area contributed by atoms with Crippen molar-refractivity contribution in [3.8, 4) is 0 Å². The second-order valence-electron chi connectivity index (χ2n) is 6.18. The maximum absolute atomic E-state index is 12.1. The number of β-lactam (4-membered cyclic amide) rings is 1. The molecule has 0 aliphatic carbocycles. The Hall–Kier alpha value is -1.57. The molecule has 3 atom stereocenters. The number of carbonyl (C=O) groups excluding carboxylic acids is 1. The Morgan fingerprint density at radius 1 is 1.32 bits per heavy atom. The maximum Gasteiger partial charge on any atom is 0.228 e. The molecule has 2 heteroatoms. The molecule has 19 heavy (non-hydrogen) atoms. The predicted molar refractivity (Wildman–Crippen MR) is 76.6 cm³/mol. The summed E-state index contributed by atoms with van der Waals surface area (Å²) in [6, 6.07) is 10.9. The van der Waals surface area contributed by atoms with Gasteiger partial charge in [-0.2, -0.15) is 0 Å². The van der Waals surface area contributed by atoms with Gasteiger partial charge in [0.1, 0.15) is 0 Å². The van der Waals surface area contributed by atoms with Crippen LogP contribution in [0.25, 0.3) is 0 Å². The fourth-order valence-corrected chi connectivity index (χ4v) is 3.64. The number of fused-ring (bicyclic) bond motifs is 1. The molecular weight excluding hydrogens is 234 g/mol. The Morgan fingerprint density at radius 3 is 2.63 bits per heavy atom. The molecule has 2 fully saturated rings. The Bertz CT molecular complexity index is 505. The van der Waals surface area contributed by atoms with E-state index in [0.717, 1.165) is 13.0 Å². The molecule has 1 aromatic carbocycles. The average Bonchev–Trinajstić information content (AvgIpc) is 2.65. The normalized spacial score (nSPS) is 29.6. The molecule has 0 spiro atoms. The molecule has 100 valence electrons. The largest absolute Gasteiger partial charge is 0.334 e. The van der Waals surface area contributed by atoms with Crippen molar-refractivity contribution in [2.24, 2.45) is 17.8 Å². The fraction of sp³-hybridized carbons (Fsp3) is 0.471. The van der Waals surface area contributed by atoms with Crippen molar-refractivity contribution in [1.82, 2.24) is 4.90 Å². The molecule has 2 heterocycles. The summed E-state index contributed by atoms with van der Waals surface area (Å²) in [5.41, 5.74) is 2.57. The van der Waals surface area contributed by atoms with Crippen LogP contribution in [-0.4, -0.2) is 23.4 Å². The Balaban J connectivity index is 1.81. The van der Waals surface area contributed by atoms with E-state index in [1.165, 1.54) is 11.1 Å². The first-order valence-corrected chi connectivity index (χ1v) is 7.11. The first-order valence-electron chi connectivity index (χ1n) is 7.11. The second kappa shape index (κ2) is 4.52. The molecule has 0 aromatic heterocycles. The lowest BCUT2D eigenvalue weighted by atomic mass is 9.73. The van der Waals surface area contributed by atoms with E-state index >= 15 is 0 Å². The summed E-state index contributed by atoms with van der Waals surface area (Å²) in [7, 11) is 0. The zero-order valence-corrected chi connectivity index (χ0v) is 11.7. The minimum Gasteiger partial charge on any atom is -0.334 e. The van der Waals surface area contributed by atoms with Gasteiger partial charge in [0.2, 0.25) is 5.91 Å². The predicted octanol–water partition coefficient (Wildman–Crippen LogP) is 2.90. The third-order valence-electron chi connectivity index (χ3n) is 4.62. The maximum atomic E-state index is 12.1. The molecule has 0 radical (unpaired) electrons. The summed E-state index contributed by atoms with van der Waals surface area (Å²) in [4.78, 5) is 14.1. The van der Waals surface area contributed by atoms with Crippen molar-refractivity contribution >= 4 is 5.91 Å². The molecule has 0 bridgehead atoms. The number of rotatable bonds is 3. The lowest BCUT2D eigenvalue weighted by Crippen LogP contribution is -2.61. The molecule has 2 aliphatic heterocycles. The van der Waals surface area contributed by atoms with Gasteiger partial charge < -0.3 is 4.90 Å². The molecule has 0 saturated carbocycles. The third kappa shape index (κ3) is 1.90. The van der Waals surface area contributed by atoms with Crippen LogP contribution in [0.3, 0.4) is 0 Å². The van der Waals surface area contributed by atoms with Crippen LogP contribution < -0.4 is 0 Å². The summed E-state index contributed by atoms with van der Waals surface area (Å²) >= 11 is 0. The fourth-order valence-electron chi connectivity index (χ4n) is 3.64. The molecule has 2 nitrogen and oxygen atoms in total. The van der Waals surface area contributed by atoms with E-state index in [0.29, 0.717) is 23.8 Å². The van der Waals surface area contributed by atoms with E-state index in [1.807, 2.05) is 11.0 Å². The second-order valence-corrected chi connectivity index (χ2v) is 6.18. The van der Waals surface area contributed by atoms with Gasteiger partial charge in [0, 0.05) is 12.5 Å². The first kappa shape index (κ1) is 12.5. The van der Waals surface area contributed by atoms with Crippen molar-refractivity contribution in [3.05, 3.63) is 48.0 Å². The van der Waals surface area contributed by atoms with Gasteiger partial charge in [-0.3, -0.25) is 4.79 Å². The zero-order valence-electron chi connectivity index (χ0n) is 11.7. The van der Waals surface area contributed by atoms with Gasteiger partial charge in [-0.1, -0.05) is 56.3 Å². The van der Waals surface area contributed by atoms with Gasteiger partial charge >= 0.3 is 0 Å². The highest BCUT2D eigenvalue weighted by molar-refractivity contribution is 5.87. The smallest absolute Gasteiger partial charge is 0.228 e. The standard InChI is InChI=1S/C17H21NO/c1-11(2)15-16-14(9-13-7-5-4-6-8-13)12(3)10-18(16)17(15)19/h4-8,11,14-16H,3,9-10H2,1-2H3/t14-,15+,16-/m0/s1. The quantitative estimate of drug-likeness (QED) is 0.601. The monoisotopic (exact) mass is 255 g/mol. The number of amides is 1. The summed E-state index contributed by atoms with van der Waals surface area (Å²) < 4.78 is 0. The van der Waals surface area contributed by atoms with Crippen LogP contribution in [0.5, 0.6) is 0 Å². The summed E-state index contributed by atoms with van der Waals surface area (Å²) in [5, 5.41) is 0. The Morgan fingerprint density at radius 2 is 2.00 bits per heavy atom. The van der Waals surface area contributed by atoms with Gasteiger partial charge in [-0.25, -0.2) is 0 Å². The van der Waals surface area contributed by atoms with Crippen molar-refractivity contribution in [2.45, 2.75) is 26.3 Å². The third-order valence-corrected chi connectivity index (χ3v) is 4.62. The van der Waals surface area contributed by atoms with E-state index < -0.39 is 0 Å². The summed E-state index contributed by atoms with van der Waals surface area (Å²) in [6.07, 6.45) is 1.01. The average molecular weight is 255 g/mol.